The molecule has 2 heterocycles. The molecule has 2 N–H and O–H groups in total. The van der Waals surface area contributed by atoms with Gasteiger partial charge < -0.3 is 10.5 Å². The normalized spacial score (nSPS) is 15.6. The summed E-state index contributed by atoms with van der Waals surface area (Å²) in [5.41, 5.74) is 6.99. The Morgan fingerprint density at radius 2 is 2.53 bits per heavy atom. The number of carbonyl (C=O) groups is 1. The molecule has 1 aromatic heterocycles. The molecule has 0 unspecified atom stereocenters. The molecule has 0 spiro atoms. The van der Waals surface area contributed by atoms with Crippen molar-refractivity contribution in [2.45, 2.75) is 19.3 Å². The summed E-state index contributed by atoms with van der Waals surface area (Å²) in [6, 6.07) is 0. The summed E-state index contributed by atoms with van der Waals surface area (Å²) in [6.45, 7) is 0.709. The molecular weight excluding hydrogens is 212 g/mol. The number of allylic oxidation sites excluding steroid dienone is 1. The molecule has 0 saturated carbocycles. The maximum atomic E-state index is 11.8. The average molecular weight is 224 g/mol. The minimum absolute atomic E-state index is 0.0833. The van der Waals surface area contributed by atoms with Gasteiger partial charge in [-0.3, -0.25) is 4.79 Å². The van der Waals surface area contributed by atoms with Crippen LogP contribution in [0, 0.1) is 0 Å². The van der Waals surface area contributed by atoms with Crippen molar-refractivity contribution in [1.82, 2.24) is 4.98 Å². The molecule has 15 heavy (non-hydrogen) atoms. The molecule has 4 nitrogen and oxygen atoms in total. The fourth-order valence-electron chi connectivity index (χ4n) is 1.45. The molecule has 2 rings (SSSR count). The smallest absolute Gasteiger partial charge is 0.180 e. The number of hydrogen-bond acceptors (Lipinski definition) is 5. The maximum Gasteiger partial charge on any atom is 0.180 e. The highest BCUT2D eigenvalue weighted by molar-refractivity contribution is 7.13. The van der Waals surface area contributed by atoms with E-state index in [0.29, 0.717) is 18.2 Å². The molecule has 0 bridgehead atoms. The molecule has 0 aromatic carbocycles. The van der Waals surface area contributed by atoms with Crippen LogP contribution >= 0.6 is 11.3 Å². The molecule has 1 aromatic rings. The number of thiazole rings is 1. The number of nitrogens with zero attached hydrogens (tertiary/aromatic N) is 1. The molecule has 0 amide bonds. The summed E-state index contributed by atoms with van der Waals surface area (Å²) in [5, 5.41) is 2.32. The third-order valence-corrected chi connectivity index (χ3v) is 2.93. The van der Waals surface area contributed by atoms with E-state index in [1.807, 2.05) is 5.38 Å². The van der Waals surface area contributed by atoms with E-state index in [1.165, 1.54) is 11.3 Å². The molecular formula is C10H12N2O2S. The molecule has 1 aliphatic heterocycles. The molecule has 0 fully saturated rings. The van der Waals surface area contributed by atoms with Gasteiger partial charge in [0, 0.05) is 11.0 Å². The van der Waals surface area contributed by atoms with E-state index in [2.05, 4.69) is 4.98 Å². The van der Waals surface area contributed by atoms with Gasteiger partial charge in [0.15, 0.2) is 10.9 Å². The van der Waals surface area contributed by atoms with Crippen molar-refractivity contribution >= 4 is 22.3 Å². The molecule has 5 heteroatoms. The lowest BCUT2D eigenvalue weighted by atomic mass is 10.0. The zero-order valence-electron chi connectivity index (χ0n) is 8.23. The van der Waals surface area contributed by atoms with Crippen LogP contribution in [0.15, 0.2) is 17.2 Å². The Hall–Kier alpha value is -1.36. The third kappa shape index (κ3) is 2.56. The van der Waals surface area contributed by atoms with Crippen LogP contribution in [0.3, 0.4) is 0 Å². The monoisotopic (exact) mass is 224 g/mol. The lowest BCUT2D eigenvalue weighted by Gasteiger charge is -2.11. The van der Waals surface area contributed by atoms with Gasteiger partial charge in [-0.2, -0.15) is 0 Å². The number of carbonyl (C=O) groups excluding carboxylic acids is 1. The summed E-state index contributed by atoms with van der Waals surface area (Å²) in [6.07, 6.45) is 3.61. The number of ether oxygens (including phenoxy) is 1. The highest BCUT2D eigenvalue weighted by atomic mass is 32.1. The third-order valence-electron chi connectivity index (χ3n) is 2.20. The molecule has 80 valence electrons. The van der Waals surface area contributed by atoms with Crippen LogP contribution in [0.4, 0.5) is 5.13 Å². The van der Waals surface area contributed by atoms with E-state index in [1.54, 1.807) is 6.26 Å². The van der Waals surface area contributed by atoms with E-state index in [4.69, 9.17) is 10.5 Å². The average Bonchev–Trinajstić information content (AvgIpc) is 2.65. The fourth-order valence-corrected chi connectivity index (χ4v) is 2.01. The number of rotatable bonds is 3. The van der Waals surface area contributed by atoms with Crippen molar-refractivity contribution in [3.05, 3.63) is 22.9 Å². The Bertz CT molecular complexity index is 398. The number of Topliss-reactive ketones (excluding diaryl/α,β-unsaturated/α-hetero) is 1. The summed E-state index contributed by atoms with van der Waals surface area (Å²) >= 11 is 1.36. The second-order valence-electron chi connectivity index (χ2n) is 3.39. The molecule has 0 aliphatic carbocycles. The largest absolute Gasteiger partial charge is 0.501 e. The van der Waals surface area contributed by atoms with E-state index >= 15 is 0 Å². The van der Waals surface area contributed by atoms with Gasteiger partial charge in [-0.25, -0.2) is 4.98 Å². The van der Waals surface area contributed by atoms with E-state index in [9.17, 15) is 4.79 Å². The Balaban J connectivity index is 2.00. The SMILES string of the molecule is Nc1nc(CC(=O)C2=COCCC2)cs1. The first kappa shape index (κ1) is 10.2. The quantitative estimate of drug-likeness (QED) is 0.845. The summed E-state index contributed by atoms with van der Waals surface area (Å²) in [7, 11) is 0. The van der Waals surface area contributed by atoms with Crippen LogP contribution in [0.1, 0.15) is 18.5 Å². The van der Waals surface area contributed by atoms with Gasteiger partial charge in [-0.15, -0.1) is 11.3 Å². The number of nitrogen functional groups attached to an aromatic ring is 1. The lowest BCUT2D eigenvalue weighted by Crippen LogP contribution is -2.11. The molecule has 1 aliphatic rings. The fraction of sp³-hybridized carbons (Fsp3) is 0.400. The Labute approximate surface area is 91.8 Å². The van der Waals surface area contributed by atoms with Gasteiger partial charge in [0.1, 0.15) is 0 Å². The Kier molecular flexibility index (Phi) is 3.01. The van der Waals surface area contributed by atoms with Gasteiger partial charge >= 0.3 is 0 Å². The van der Waals surface area contributed by atoms with Gasteiger partial charge in [0.25, 0.3) is 0 Å². The topological polar surface area (TPSA) is 65.2 Å². The van der Waals surface area contributed by atoms with E-state index in [-0.39, 0.29) is 5.78 Å². The van der Waals surface area contributed by atoms with Crippen LogP contribution < -0.4 is 5.73 Å². The van der Waals surface area contributed by atoms with Gasteiger partial charge in [0.2, 0.25) is 0 Å². The predicted octanol–water partition coefficient (Wildman–Crippen LogP) is 1.53. The van der Waals surface area contributed by atoms with Crippen molar-refractivity contribution in [3.63, 3.8) is 0 Å². The van der Waals surface area contributed by atoms with Crippen molar-refractivity contribution in [1.29, 1.82) is 0 Å². The number of aromatic nitrogens is 1. The summed E-state index contributed by atoms with van der Waals surface area (Å²) in [4.78, 5) is 15.8. The summed E-state index contributed by atoms with van der Waals surface area (Å²) < 4.78 is 5.12. The molecule has 0 saturated heterocycles. The zero-order valence-corrected chi connectivity index (χ0v) is 9.05. The number of hydrogen-bond donors (Lipinski definition) is 1. The first-order valence-corrected chi connectivity index (χ1v) is 5.67. The van der Waals surface area contributed by atoms with Crippen molar-refractivity contribution in [3.8, 4) is 0 Å². The number of nitrogens with two attached hydrogens (primary N) is 1. The zero-order chi connectivity index (χ0) is 10.7. The van der Waals surface area contributed by atoms with E-state index in [0.717, 1.165) is 24.1 Å². The van der Waals surface area contributed by atoms with E-state index < -0.39 is 0 Å². The highest BCUT2D eigenvalue weighted by Crippen LogP contribution is 2.17. The summed E-state index contributed by atoms with van der Waals surface area (Å²) in [5.74, 6) is 0.0833. The van der Waals surface area contributed by atoms with Crippen molar-refractivity contribution in [2.75, 3.05) is 12.3 Å². The number of ketones is 1. The van der Waals surface area contributed by atoms with Gasteiger partial charge in [-0.05, 0) is 12.8 Å². The molecule has 0 atom stereocenters. The first-order chi connectivity index (χ1) is 7.25. The van der Waals surface area contributed by atoms with Crippen molar-refractivity contribution in [2.24, 2.45) is 0 Å². The minimum Gasteiger partial charge on any atom is -0.501 e. The van der Waals surface area contributed by atoms with Gasteiger partial charge in [0.05, 0.1) is 25.0 Å². The van der Waals surface area contributed by atoms with Crippen LogP contribution in [0.25, 0.3) is 0 Å². The minimum atomic E-state index is 0.0833. The standard InChI is InChI=1S/C10H12N2O2S/c11-10-12-8(6-15-10)4-9(13)7-2-1-3-14-5-7/h5-6H,1-4H2,(H2,11,12). The van der Waals surface area contributed by atoms with Crippen LogP contribution in [0.2, 0.25) is 0 Å². The highest BCUT2D eigenvalue weighted by Gasteiger charge is 2.14. The van der Waals surface area contributed by atoms with Crippen LogP contribution in [-0.4, -0.2) is 17.4 Å². The number of anilines is 1. The molecule has 0 radical (unpaired) electrons. The Morgan fingerprint density at radius 1 is 1.67 bits per heavy atom. The maximum absolute atomic E-state index is 11.8. The second-order valence-corrected chi connectivity index (χ2v) is 4.28. The first-order valence-electron chi connectivity index (χ1n) is 4.79. The van der Waals surface area contributed by atoms with Crippen LogP contribution in [0.5, 0.6) is 0 Å². The van der Waals surface area contributed by atoms with Gasteiger partial charge in [-0.1, -0.05) is 0 Å². The predicted molar refractivity (Wildman–Crippen MR) is 58.5 cm³/mol. The second kappa shape index (κ2) is 4.44. The van der Waals surface area contributed by atoms with Crippen molar-refractivity contribution < 1.29 is 9.53 Å². The lowest BCUT2D eigenvalue weighted by molar-refractivity contribution is -0.115. The Morgan fingerprint density at radius 3 is 3.13 bits per heavy atom. The van der Waals surface area contributed by atoms with Crippen LogP contribution in [-0.2, 0) is 16.0 Å².